The van der Waals surface area contributed by atoms with Crippen LogP contribution >= 0.6 is 0 Å². The second-order valence-electron chi connectivity index (χ2n) is 5.90. The van der Waals surface area contributed by atoms with E-state index in [9.17, 15) is 4.79 Å². The molecule has 1 saturated heterocycles. The van der Waals surface area contributed by atoms with Gasteiger partial charge in [-0.1, -0.05) is 7.43 Å². The minimum atomic E-state index is 0. The highest BCUT2D eigenvalue weighted by Gasteiger charge is 2.23. The SMILES string of the molecule is C.CN(C)C1CCN(C(=O)CCc2nccn2CCN)CC1. The van der Waals surface area contributed by atoms with E-state index >= 15 is 0 Å². The average molecular weight is 309 g/mol. The number of carbonyl (C=O) groups is 1. The Morgan fingerprint density at radius 2 is 2.09 bits per heavy atom. The van der Waals surface area contributed by atoms with Gasteiger partial charge in [-0.3, -0.25) is 4.79 Å². The summed E-state index contributed by atoms with van der Waals surface area (Å²) in [6, 6.07) is 0.609. The fraction of sp³-hybridized carbons (Fsp3) is 0.750. The number of piperidine rings is 1. The van der Waals surface area contributed by atoms with Crippen molar-refractivity contribution in [2.24, 2.45) is 5.73 Å². The number of aryl methyl sites for hydroxylation is 1. The molecular formula is C16H31N5O. The molecule has 1 amide bonds. The van der Waals surface area contributed by atoms with Gasteiger partial charge in [-0.2, -0.15) is 0 Å². The quantitative estimate of drug-likeness (QED) is 0.850. The molecule has 0 atom stereocenters. The predicted octanol–water partition coefficient (Wildman–Crippen LogP) is 0.963. The molecule has 0 spiro atoms. The van der Waals surface area contributed by atoms with Crippen LogP contribution in [0.1, 0.15) is 32.5 Å². The van der Waals surface area contributed by atoms with E-state index in [1.54, 1.807) is 6.20 Å². The maximum absolute atomic E-state index is 12.3. The van der Waals surface area contributed by atoms with E-state index in [1.165, 1.54) is 0 Å². The van der Waals surface area contributed by atoms with Gasteiger partial charge in [-0.25, -0.2) is 4.98 Å². The Bertz CT molecular complexity index is 449. The Morgan fingerprint density at radius 1 is 1.41 bits per heavy atom. The normalized spacial score (nSPS) is 15.9. The Labute approximate surface area is 134 Å². The standard InChI is InChI=1S/C15H27N5O.CH4/c1-18(2)13-5-9-20(10-6-13)15(21)4-3-14-17-8-12-19(14)11-7-16;/h8,12-13H,3-7,9-11,16H2,1-2H3;1H4. The molecule has 1 fully saturated rings. The molecule has 0 radical (unpaired) electrons. The summed E-state index contributed by atoms with van der Waals surface area (Å²) in [5.41, 5.74) is 5.57. The molecule has 1 aliphatic rings. The molecule has 0 saturated carbocycles. The molecule has 2 heterocycles. The van der Waals surface area contributed by atoms with E-state index in [0.717, 1.165) is 38.3 Å². The molecule has 6 heteroatoms. The van der Waals surface area contributed by atoms with E-state index in [0.29, 0.717) is 25.4 Å². The Kier molecular flexibility index (Phi) is 7.55. The summed E-state index contributed by atoms with van der Waals surface area (Å²) < 4.78 is 2.03. The number of nitrogens with two attached hydrogens (primary N) is 1. The van der Waals surface area contributed by atoms with Gasteiger partial charge in [-0.05, 0) is 26.9 Å². The fourth-order valence-electron chi connectivity index (χ4n) is 2.92. The molecule has 1 aromatic rings. The molecule has 126 valence electrons. The van der Waals surface area contributed by atoms with Crippen molar-refractivity contribution in [3.8, 4) is 0 Å². The molecule has 1 aliphatic heterocycles. The number of hydrogen-bond acceptors (Lipinski definition) is 4. The molecule has 2 N–H and O–H groups in total. The van der Waals surface area contributed by atoms with Crippen LogP contribution in [0, 0.1) is 0 Å². The Balaban J connectivity index is 0.00000242. The summed E-state index contributed by atoms with van der Waals surface area (Å²) in [5, 5.41) is 0. The summed E-state index contributed by atoms with van der Waals surface area (Å²) in [6.45, 7) is 3.10. The zero-order valence-electron chi connectivity index (χ0n) is 13.2. The van der Waals surface area contributed by atoms with E-state index in [1.807, 2.05) is 15.7 Å². The van der Waals surface area contributed by atoms with E-state index in [4.69, 9.17) is 5.73 Å². The van der Waals surface area contributed by atoms with Crippen LogP contribution in [0.3, 0.4) is 0 Å². The number of imidazole rings is 1. The first kappa shape index (κ1) is 18.6. The molecule has 6 nitrogen and oxygen atoms in total. The molecule has 22 heavy (non-hydrogen) atoms. The molecule has 1 aromatic heterocycles. The van der Waals surface area contributed by atoms with Gasteiger partial charge < -0.3 is 20.1 Å². The fourth-order valence-corrected chi connectivity index (χ4v) is 2.92. The third-order valence-electron chi connectivity index (χ3n) is 4.28. The molecule has 0 unspecified atom stereocenters. The maximum Gasteiger partial charge on any atom is 0.223 e. The largest absolute Gasteiger partial charge is 0.343 e. The van der Waals surface area contributed by atoms with Crippen LogP contribution in [-0.2, 0) is 17.8 Å². The van der Waals surface area contributed by atoms with Crippen molar-refractivity contribution in [2.45, 2.75) is 45.7 Å². The van der Waals surface area contributed by atoms with Crippen LogP contribution in [0.15, 0.2) is 12.4 Å². The van der Waals surface area contributed by atoms with Gasteiger partial charge in [0.2, 0.25) is 5.91 Å². The van der Waals surface area contributed by atoms with E-state index < -0.39 is 0 Å². The van der Waals surface area contributed by atoms with Crippen molar-refractivity contribution in [2.75, 3.05) is 33.7 Å². The molecule has 2 rings (SSSR count). The third kappa shape index (κ3) is 4.81. The van der Waals surface area contributed by atoms with Crippen LogP contribution < -0.4 is 5.73 Å². The summed E-state index contributed by atoms with van der Waals surface area (Å²) in [4.78, 5) is 20.9. The van der Waals surface area contributed by atoms with Crippen LogP contribution in [-0.4, -0.2) is 65.0 Å². The van der Waals surface area contributed by atoms with Crippen molar-refractivity contribution in [3.05, 3.63) is 18.2 Å². The number of carbonyl (C=O) groups excluding carboxylic acids is 1. The second kappa shape index (κ2) is 8.90. The smallest absolute Gasteiger partial charge is 0.223 e. The summed E-state index contributed by atoms with van der Waals surface area (Å²) >= 11 is 0. The van der Waals surface area contributed by atoms with Gasteiger partial charge in [-0.15, -0.1) is 0 Å². The lowest BCUT2D eigenvalue weighted by atomic mass is 10.0. The van der Waals surface area contributed by atoms with E-state index in [2.05, 4.69) is 24.0 Å². The van der Waals surface area contributed by atoms with Crippen LogP contribution in [0.25, 0.3) is 0 Å². The van der Waals surface area contributed by atoms with E-state index in [-0.39, 0.29) is 13.3 Å². The van der Waals surface area contributed by atoms with Gasteiger partial charge in [0.15, 0.2) is 0 Å². The lowest BCUT2D eigenvalue weighted by Gasteiger charge is -2.35. The van der Waals surface area contributed by atoms with Gasteiger partial charge >= 0.3 is 0 Å². The second-order valence-corrected chi connectivity index (χ2v) is 5.90. The first-order valence-electron chi connectivity index (χ1n) is 7.76. The highest BCUT2D eigenvalue weighted by Crippen LogP contribution is 2.15. The number of likely N-dealkylation sites (tertiary alicyclic amines) is 1. The number of nitrogens with zero attached hydrogens (tertiary/aromatic N) is 4. The highest BCUT2D eigenvalue weighted by molar-refractivity contribution is 5.76. The highest BCUT2D eigenvalue weighted by atomic mass is 16.2. The van der Waals surface area contributed by atoms with Gasteiger partial charge in [0.05, 0.1) is 0 Å². The minimum absolute atomic E-state index is 0. The van der Waals surface area contributed by atoms with Crippen LogP contribution in [0.2, 0.25) is 0 Å². The minimum Gasteiger partial charge on any atom is -0.343 e. The number of aromatic nitrogens is 2. The maximum atomic E-state index is 12.3. The van der Waals surface area contributed by atoms with Crippen LogP contribution in [0.5, 0.6) is 0 Å². The van der Waals surface area contributed by atoms with Crippen molar-refractivity contribution in [1.29, 1.82) is 0 Å². The number of hydrogen-bond donors (Lipinski definition) is 1. The van der Waals surface area contributed by atoms with Crippen molar-refractivity contribution in [1.82, 2.24) is 19.4 Å². The molecule has 0 aromatic carbocycles. The monoisotopic (exact) mass is 309 g/mol. The lowest BCUT2D eigenvalue weighted by molar-refractivity contribution is -0.132. The van der Waals surface area contributed by atoms with Crippen molar-refractivity contribution >= 4 is 5.91 Å². The van der Waals surface area contributed by atoms with Crippen molar-refractivity contribution < 1.29 is 4.79 Å². The van der Waals surface area contributed by atoms with Gasteiger partial charge in [0, 0.05) is 57.5 Å². The van der Waals surface area contributed by atoms with Gasteiger partial charge in [0.25, 0.3) is 0 Å². The van der Waals surface area contributed by atoms with Crippen molar-refractivity contribution in [3.63, 3.8) is 0 Å². The first-order valence-corrected chi connectivity index (χ1v) is 7.76. The summed E-state index contributed by atoms with van der Waals surface area (Å²) in [5.74, 6) is 1.20. The number of amides is 1. The average Bonchev–Trinajstić information content (AvgIpc) is 2.92. The van der Waals surface area contributed by atoms with Crippen LogP contribution in [0.4, 0.5) is 0 Å². The Morgan fingerprint density at radius 3 is 2.68 bits per heavy atom. The lowest BCUT2D eigenvalue weighted by Crippen LogP contribution is -2.44. The third-order valence-corrected chi connectivity index (χ3v) is 4.28. The zero-order valence-corrected chi connectivity index (χ0v) is 13.2. The Hall–Kier alpha value is -1.40. The zero-order chi connectivity index (χ0) is 15.2. The topological polar surface area (TPSA) is 67.4 Å². The number of rotatable bonds is 6. The summed E-state index contributed by atoms with van der Waals surface area (Å²) in [6.07, 6.45) is 7.07. The molecule has 0 bridgehead atoms. The predicted molar refractivity (Wildman–Crippen MR) is 89.6 cm³/mol. The summed E-state index contributed by atoms with van der Waals surface area (Å²) in [7, 11) is 4.22. The first-order chi connectivity index (χ1) is 10.1. The molecule has 0 aliphatic carbocycles. The van der Waals surface area contributed by atoms with Gasteiger partial charge in [0.1, 0.15) is 5.82 Å². The molecular weight excluding hydrogens is 278 g/mol.